The summed E-state index contributed by atoms with van der Waals surface area (Å²) in [7, 11) is 1.54. The highest BCUT2D eigenvalue weighted by molar-refractivity contribution is 6.32. The van der Waals surface area contributed by atoms with Crippen LogP contribution in [0.2, 0.25) is 5.02 Å². The quantitative estimate of drug-likeness (QED) is 0.536. The minimum Gasteiger partial charge on any atom is -0.494 e. The highest BCUT2D eigenvalue weighted by Crippen LogP contribution is 2.36. The van der Waals surface area contributed by atoms with Crippen LogP contribution in [0, 0.1) is 0 Å². The Morgan fingerprint density at radius 3 is 2.38 bits per heavy atom. The fourth-order valence-electron chi connectivity index (χ4n) is 2.61. The number of carbonyl (C=O) groups is 1. The number of ether oxygens (including phenoxy) is 4. The summed E-state index contributed by atoms with van der Waals surface area (Å²) in [6.45, 7) is 7.12. The molecule has 2 rings (SSSR count). The van der Waals surface area contributed by atoms with E-state index in [1.165, 1.54) is 13.2 Å². The van der Waals surface area contributed by atoms with Crippen LogP contribution in [0.3, 0.4) is 0 Å². The molecule has 0 atom stereocenters. The van der Waals surface area contributed by atoms with Crippen LogP contribution >= 0.6 is 11.6 Å². The van der Waals surface area contributed by atoms with Gasteiger partial charge in [0.2, 0.25) is 5.91 Å². The lowest BCUT2D eigenvalue weighted by Crippen LogP contribution is -2.10. The monoisotopic (exact) mass is 419 g/mol. The van der Waals surface area contributed by atoms with Gasteiger partial charge in [-0.2, -0.15) is 0 Å². The van der Waals surface area contributed by atoms with Crippen LogP contribution in [0.1, 0.15) is 26.3 Å². The van der Waals surface area contributed by atoms with E-state index < -0.39 is 0 Å². The number of benzene rings is 2. The van der Waals surface area contributed by atoms with Crippen molar-refractivity contribution in [3.05, 3.63) is 47.0 Å². The number of amides is 1. The van der Waals surface area contributed by atoms with Gasteiger partial charge in [-0.15, -0.1) is 0 Å². The molecule has 7 heteroatoms. The zero-order valence-electron chi connectivity index (χ0n) is 17.1. The molecular weight excluding hydrogens is 394 g/mol. The van der Waals surface area contributed by atoms with E-state index >= 15 is 0 Å². The third-order valence-corrected chi connectivity index (χ3v) is 4.07. The fourth-order valence-corrected chi connectivity index (χ4v) is 2.88. The zero-order chi connectivity index (χ0) is 21.2. The van der Waals surface area contributed by atoms with Crippen LogP contribution in [0.5, 0.6) is 23.0 Å². The Bertz CT molecular complexity index is 867. The van der Waals surface area contributed by atoms with Crippen molar-refractivity contribution in [3.63, 3.8) is 0 Å². The molecule has 2 aromatic rings. The molecule has 0 aromatic heterocycles. The van der Waals surface area contributed by atoms with E-state index in [2.05, 4.69) is 5.32 Å². The van der Waals surface area contributed by atoms with Crippen molar-refractivity contribution in [1.82, 2.24) is 0 Å². The first-order chi connectivity index (χ1) is 14.0. The second-order valence-corrected chi connectivity index (χ2v) is 6.22. The molecular formula is C22H26ClNO5. The van der Waals surface area contributed by atoms with Gasteiger partial charge in [-0.1, -0.05) is 11.6 Å². The molecule has 0 aliphatic carbocycles. The first-order valence-corrected chi connectivity index (χ1v) is 9.79. The molecule has 0 radical (unpaired) electrons. The topological polar surface area (TPSA) is 66.0 Å². The number of methoxy groups -OCH3 is 1. The van der Waals surface area contributed by atoms with Gasteiger partial charge in [-0.05, 0) is 56.7 Å². The van der Waals surface area contributed by atoms with Gasteiger partial charge in [-0.25, -0.2) is 0 Å². The highest BCUT2D eigenvalue weighted by atomic mass is 35.5. The van der Waals surface area contributed by atoms with Gasteiger partial charge in [0.1, 0.15) is 11.5 Å². The van der Waals surface area contributed by atoms with Gasteiger partial charge in [-0.3, -0.25) is 4.79 Å². The zero-order valence-corrected chi connectivity index (χ0v) is 17.8. The number of anilines is 1. The molecule has 29 heavy (non-hydrogen) atoms. The number of hydrogen-bond donors (Lipinski definition) is 1. The number of halogens is 1. The van der Waals surface area contributed by atoms with Gasteiger partial charge in [0.05, 0.1) is 37.6 Å². The van der Waals surface area contributed by atoms with Crippen molar-refractivity contribution in [1.29, 1.82) is 0 Å². The van der Waals surface area contributed by atoms with E-state index in [-0.39, 0.29) is 5.91 Å². The Balaban J connectivity index is 2.19. The largest absolute Gasteiger partial charge is 0.494 e. The van der Waals surface area contributed by atoms with Gasteiger partial charge >= 0.3 is 0 Å². The summed E-state index contributed by atoms with van der Waals surface area (Å²) in [6, 6.07) is 8.76. The SMILES string of the molecule is CCOc1ccc(OCC)c(NC(=O)/C=C/c2cc(Cl)c(OCC)c(OC)c2)c1. The lowest BCUT2D eigenvalue weighted by Gasteiger charge is -2.13. The predicted molar refractivity (Wildman–Crippen MR) is 116 cm³/mol. The third kappa shape index (κ3) is 6.32. The number of rotatable bonds is 10. The molecule has 0 saturated heterocycles. The van der Waals surface area contributed by atoms with Crippen molar-refractivity contribution in [2.75, 3.05) is 32.2 Å². The van der Waals surface area contributed by atoms with Crippen LogP contribution in [0.25, 0.3) is 6.08 Å². The van der Waals surface area contributed by atoms with E-state index in [1.54, 1.807) is 36.4 Å². The second kappa shape index (κ2) is 11.2. The van der Waals surface area contributed by atoms with Crippen LogP contribution in [0.4, 0.5) is 5.69 Å². The average Bonchev–Trinajstić information content (AvgIpc) is 2.70. The predicted octanol–water partition coefficient (Wildman–Crippen LogP) is 5.20. The maximum absolute atomic E-state index is 12.4. The Hall–Kier alpha value is -2.86. The van der Waals surface area contributed by atoms with Crippen molar-refractivity contribution < 1.29 is 23.7 Å². The molecule has 0 spiro atoms. The van der Waals surface area contributed by atoms with Crippen molar-refractivity contribution in [2.45, 2.75) is 20.8 Å². The lowest BCUT2D eigenvalue weighted by atomic mass is 10.2. The molecule has 0 fully saturated rings. The Morgan fingerprint density at radius 1 is 1.00 bits per heavy atom. The number of hydrogen-bond acceptors (Lipinski definition) is 5. The molecule has 0 aliphatic rings. The van der Waals surface area contributed by atoms with Gasteiger partial charge in [0.25, 0.3) is 0 Å². The maximum atomic E-state index is 12.4. The number of carbonyl (C=O) groups excluding carboxylic acids is 1. The van der Waals surface area contributed by atoms with Crippen LogP contribution in [-0.4, -0.2) is 32.8 Å². The molecule has 0 heterocycles. The van der Waals surface area contributed by atoms with E-state index in [0.717, 1.165) is 0 Å². The molecule has 1 amide bonds. The third-order valence-electron chi connectivity index (χ3n) is 3.79. The lowest BCUT2D eigenvalue weighted by molar-refractivity contribution is -0.111. The van der Waals surface area contributed by atoms with E-state index in [1.807, 2.05) is 20.8 Å². The van der Waals surface area contributed by atoms with Crippen molar-refractivity contribution in [3.8, 4) is 23.0 Å². The van der Waals surface area contributed by atoms with Crippen LogP contribution < -0.4 is 24.3 Å². The summed E-state index contributed by atoms with van der Waals surface area (Å²) in [5.74, 6) is 1.89. The first kappa shape index (κ1) is 22.4. The molecule has 1 N–H and O–H groups in total. The van der Waals surface area contributed by atoms with Crippen LogP contribution in [0.15, 0.2) is 36.4 Å². The second-order valence-electron chi connectivity index (χ2n) is 5.81. The summed E-state index contributed by atoms with van der Waals surface area (Å²) < 4.78 is 21.9. The highest BCUT2D eigenvalue weighted by Gasteiger charge is 2.11. The summed E-state index contributed by atoms with van der Waals surface area (Å²) >= 11 is 6.27. The minimum absolute atomic E-state index is 0.316. The summed E-state index contributed by atoms with van der Waals surface area (Å²) in [4.78, 5) is 12.4. The Morgan fingerprint density at radius 2 is 1.72 bits per heavy atom. The summed E-state index contributed by atoms with van der Waals surface area (Å²) in [5, 5.41) is 3.23. The Kier molecular flexibility index (Phi) is 8.68. The van der Waals surface area contributed by atoms with Crippen LogP contribution in [-0.2, 0) is 4.79 Å². The summed E-state index contributed by atoms with van der Waals surface area (Å²) in [5.41, 5.74) is 1.24. The van der Waals surface area contributed by atoms with Crippen molar-refractivity contribution >= 4 is 29.3 Å². The Labute approximate surface area is 176 Å². The normalized spacial score (nSPS) is 10.7. The molecule has 156 valence electrons. The van der Waals surface area contributed by atoms with Crippen molar-refractivity contribution in [2.24, 2.45) is 0 Å². The van der Waals surface area contributed by atoms with E-state index in [0.29, 0.717) is 59.1 Å². The smallest absolute Gasteiger partial charge is 0.248 e. The fraction of sp³-hybridized carbons (Fsp3) is 0.318. The standard InChI is InChI=1S/C22H26ClNO5/c1-5-27-16-9-10-19(28-6-2)18(14-16)24-21(25)11-8-15-12-17(23)22(29-7-3)20(13-15)26-4/h8-14H,5-7H2,1-4H3,(H,24,25)/b11-8+. The van der Waals surface area contributed by atoms with E-state index in [4.69, 9.17) is 30.5 Å². The molecule has 0 saturated carbocycles. The molecule has 0 aliphatic heterocycles. The minimum atomic E-state index is -0.316. The van der Waals surface area contributed by atoms with Gasteiger partial charge < -0.3 is 24.3 Å². The summed E-state index contributed by atoms with van der Waals surface area (Å²) in [6.07, 6.45) is 3.06. The molecule has 6 nitrogen and oxygen atoms in total. The molecule has 0 bridgehead atoms. The first-order valence-electron chi connectivity index (χ1n) is 9.41. The van der Waals surface area contributed by atoms with Gasteiger partial charge in [0.15, 0.2) is 11.5 Å². The molecule has 0 unspecified atom stereocenters. The van der Waals surface area contributed by atoms with Gasteiger partial charge in [0, 0.05) is 12.1 Å². The number of nitrogens with one attached hydrogen (secondary N) is 1. The van der Waals surface area contributed by atoms with E-state index in [9.17, 15) is 4.79 Å². The maximum Gasteiger partial charge on any atom is 0.248 e. The average molecular weight is 420 g/mol. The molecule has 2 aromatic carbocycles.